The SMILES string of the molecule is COCc1[nH]ncc1-c1csc(Nc2ccccn2)n1.Cc1nc(Nc2nc(-c3cn[nH]c3)cs2)cs1.O=S(=O)(c1ccccc1)c1[nH]ncc1-c1csc(Nc2ccccn2)n1. The van der Waals surface area contributed by atoms with Crippen LogP contribution < -0.4 is 16.0 Å². The number of sulfone groups is 1. The lowest BCUT2D eigenvalue weighted by atomic mass is 10.2. The molecule has 0 bridgehead atoms. The van der Waals surface area contributed by atoms with Crippen molar-refractivity contribution in [2.45, 2.75) is 23.5 Å². The predicted molar refractivity (Wildman–Crippen MR) is 247 cm³/mol. The monoisotopic (exact) mass is 933 g/mol. The van der Waals surface area contributed by atoms with E-state index in [0.29, 0.717) is 28.8 Å². The van der Waals surface area contributed by atoms with Gasteiger partial charge in [0, 0.05) is 58.3 Å². The van der Waals surface area contributed by atoms with Gasteiger partial charge in [-0.3, -0.25) is 15.3 Å². The molecular weight excluding hydrogens is 899 g/mol. The molecule has 0 aliphatic heterocycles. The second kappa shape index (κ2) is 20.2. The lowest BCUT2D eigenvalue weighted by Gasteiger charge is -2.04. The number of nitrogens with zero attached hydrogens (tertiary/aromatic N) is 9. The van der Waals surface area contributed by atoms with Crippen molar-refractivity contribution in [2.75, 3.05) is 23.1 Å². The Labute approximate surface area is 376 Å². The maximum atomic E-state index is 12.9. The standard InChI is InChI=1S/C17H13N5O2S2.C13H13N5OS.C10H9N5S2/c23-26(24,12-6-2-1-3-7-12)16-13(10-19-22-16)14-11-25-17(20-14)21-15-8-4-5-9-18-15;1-19-7-10-9(6-15-18-10)11-8-20-13(16-11)17-12-4-2-3-5-14-12;1-6-13-9(5-16-6)15-10-14-8(4-17-10)7-2-11-12-3-7/h1-11H,(H,19,22)(H,18,20,21);2-6,8H,7H2,1H3,(H,15,18)(H,14,16,17);2-5H,1H3,(H,11,12)(H,14,15). The van der Waals surface area contributed by atoms with Gasteiger partial charge < -0.3 is 20.7 Å². The van der Waals surface area contributed by atoms with E-state index in [-0.39, 0.29) is 9.92 Å². The molecule has 23 heteroatoms. The summed E-state index contributed by atoms with van der Waals surface area (Å²) in [7, 11) is -2.06. The highest BCUT2D eigenvalue weighted by molar-refractivity contribution is 7.91. The first-order valence-corrected chi connectivity index (χ1v) is 23.6. The first-order chi connectivity index (χ1) is 30.8. The fourth-order valence-corrected chi connectivity index (χ4v) is 9.63. The van der Waals surface area contributed by atoms with Crippen LogP contribution in [0.4, 0.5) is 32.8 Å². The molecule has 0 unspecified atom stereocenters. The van der Waals surface area contributed by atoms with Crippen molar-refractivity contribution in [1.29, 1.82) is 0 Å². The van der Waals surface area contributed by atoms with Crippen LogP contribution in [0.2, 0.25) is 0 Å². The van der Waals surface area contributed by atoms with Gasteiger partial charge in [0.15, 0.2) is 20.4 Å². The van der Waals surface area contributed by atoms with Crippen LogP contribution in [0.25, 0.3) is 33.8 Å². The molecule has 6 N–H and O–H groups in total. The fourth-order valence-electron chi connectivity index (χ4n) is 5.55. The highest BCUT2D eigenvalue weighted by Crippen LogP contribution is 2.33. The number of nitrogens with one attached hydrogen (secondary N) is 6. The number of aryl methyl sites for hydroxylation is 1. The van der Waals surface area contributed by atoms with E-state index in [1.54, 1.807) is 90.3 Å². The number of pyridine rings is 2. The van der Waals surface area contributed by atoms with Crippen LogP contribution in [-0.2, 0) is 21.2 Å². The molecule has 0 atom stereocenters. The minimum Gasteiger partial charge on any atom is -0.378 e. The quantitative estimate of drug-likeness (QED) is 0.0631. The van der Waals surface area contributed by atoms with Crippen molar-refractivity contribution >= 4 is 88.0 Å². The summed E-state index contributed by atoms with van der Waals surface area (Å²) in [6, 6.07) is 19.4. The van der Waals surface area contributed by atoms with E-state index in [2.05, 4.69) is 76.4 Å². The van der Waals surface area contributed by atoms with E-state index in [4.69, 9.17) is 4.74 Å². The highest BCUT2D eigenvalue weighted by Gasteiger charge is 2.25. The van der Waals surface area contributed by atoms with Gasteiger partial charge in [0.2, 0.25) is 9.84 Å². The van der Waals surface area contributed by atoms with Gasteiger partial charge >= 0.3 is 0 Å². The Morgan fingerprint density at radius 3 is 1.79 bits per heavy atom. The molecule has 0 fully saturated rings. The van der Waals surface area contributed by atoms with Crippen molar-refractivity contribution < 1.29 is 13.2 Å². The molecule has 9 heterocycles. The fraction of sp³-hybridized carbons (Fsp3) is 0.0750. The number of rotatable bonds is 13. The Hall–Kier alpha value is -7.02. The largest absolute Gasteiger partial charge is 0.378 e. The van der Waals surface area contributed by atoms with E-state index < -0.39 is 9.84 Å². The number of hydrogen-bond acceptors (Lipinski definition) is 19. The second-order valence-electron chi connectivity index (χ2n) is 12.8. The molecule has 0 spiro atoms. The Kier molecular flexibility index (Phi) is 13.7. The van der Waals surface area contributed by atoms with Crippen molar-refractivity contribution in [1.82, 2.24) is 60.5 Å². The van der Waals surface area contributed by atoms with Gasteiger partial charge in [-0.25, -0.2) is 38.3 Å². The predicted octanol–water partition coefficient (Wildman–Crippen LogP) is 9.36. The van der Waals surface area contributed by atoms with E-state index in [1.807, 2.05) is 65.7 Å². The molecule has 10 rings (SSSR count). The Balaban J connectivity index is 0.000000133. The van der Waals surface area contributed by atoms with E-state index in [9.17, 15) is 8.42 Å². The molecule has 0 amide bonds. The number of anilines is 6. The second-order valence-corrected chi connectivity index (χ2v) is 18.3. The molecule has 9 aromatic heterocycles. The van der Waals surface area contributed by atoms with E-state index >= 15 is 0 Å². The summed E-state index contributed by atoms with van der Waals surface area (Å²) in [6.07, 6.45) is 10.2. The summed E-state index contributed by atoms with van der Waals surface area (Å²) in [5.41, 5.74) is 5.60. The van der Waals surface area contributed by atoms with Gasteiger partial charge in [0.05, 0.1) is 63.4 Å². The summed E-state index contributed by atoms with van der Waals surface area (Å²) in [6.45, 7) is 2.46. The smallest absolute Gasteiger partial charge is 0.223 e. The number of aromatic nitrogens is 12. The lowest BCUT2D eigenvalue weighted by Crippen LogP contribution is -2.04. The maximum absolute atomic E-state index is 12.9. The van der Waals surface area contributed by atoms with Crippen LogP contribution in [0.5, 0.6) is 0 Å². The van der Waals surface area contributed by atoms with Gasteiger partial charge in [0.25, 0.3) is 0 Å². The van der Waals surface area contributed by atoms with E-state index in [0.717, 1.165) is 55.1 Å². The van der Waals surface area contributed by atoms with Crippen molar-refractivity contribution in [2.24, 2.45) is 0 Å². The number of hydrogen-bond donors (Lipinski definition) is 6. The average molecular weight is 934 g/mol. The zero-order chi connectivity index (χ0) is 43.4. The zero-order valence-electron chi connectivity index (χ0n) is 33.1. The zero-order valence-corrected chi connectivity index (χ0v) is 37.2. The summed E-state index contributed by atoms with van der Waals surface area (Å²) < 4.78 is 30.9. The minimum absolute atomic E-state index is 0.0263. The first-order valence-electron chi connectivity index (χ1n) is 18.6. The average Bonchev–Trinajstić information content (AvgIpc) is 4.16. The molecule has 63 heavy (non-hydrogen) atoms. The molecule has 18 nitrogen and oxygen atoms in total. The van der Waals surface area contributed by atoms with Gasteiger partial charge in [-0.05, 0) is 43.3 Å². The van der Waals surface area contributed by atoms with Crippen LogP contribution in [0.1, 0.15) is 10.7 Å². The molecule has 0 radical (unpaired) electrons. The Morgan fingerprint density at radius 2 is 1.21 bits per heavy atom. The van der Waals surface area contributed by atoms with E-state index in [1.165, 1.54) is 28.9 Å². The Morgan fingerprint density at radius 1 is 0.619 bits per heavy atom. The van der Waals surface area contributed by atoms with Crippen LogP contribution in [-0.4, -0.2) is 76.0 Å². The molecule has 0 saturated heterocycles. The normalized spacial score (nSPS) is 11.0. The summed E-state index contributed by atoms with van der Waals surface area (Å²) in [5, 5.41) is 40.6. The third-order valence-electron chi connectivity index (χ3n) is 8.45. The number of aromatic amines is 3. The van der Waals surface area contributed by atoms with Crippen molar-refractivity contribution in [3.05, 3.63) is 136 Å². The third kappa shape index (κ3) is 10.9. The van der Waals surface area contributed by atoms with Crippen LogP contribution in [0.3, 0.4) is 0 Å². The molecular formula is C40H35N15O3S5. The van der Waals surface area contributed by atoms with Gasteiger partial charge in [-0.1, -0.05) is 30.3 Å². The first kappa shape index (κ1) is 42.7. The molecule has 318 valence electrons. The number of ether oxygens (including phenoxy) is 1. The topological polar surface area (TPSA) is 243 Å². The molecule has 1 aromatic carbocycles. The number of H-pyrrole nitrogens is 3. The molecule has 0 saturated carbocycles. The third-order valence-corrected chi connectivity index (χ3v) is 13.2. The lowest BCUT2D eigenvalue weighted by molar-refractivity contribution is 0.182. The van der Waals surface area contributed by atoms with Crippen LogP contribution >= 0.6 is 45.3 Å². The summed E-state index contributed by atoms with van der Waals surface area (Å²) >= 11 is 6.05. The van der Waals surface area contributed by atoms with Crippen molar-refractivity contribution in [3.63, 3.8) is 0 Å². The maximum Gasteiger partial charge on any atom is 0.223 e. The van der Waals surface area contributed by atoms with Gasteiger partial charge in [-0.15, -0.1) is 45.3 Å². The van der Waals surface area contributed by atoms with Crippen LogP contribution in [0, 0.1) is 6.92 Å². The van der Waals surface area contributed by atoms with Crippen LogP contribution in [0.15, 0.2) is 135 Å². The molecule has 0 aliphatic carbocycles. The Bertz CT molecular complexity index is 3050. The summed E-state index contributed by atoms with van der Waals surface area (Å²) in [4.78, 5) is 26.4. The highest BCUT2D eigenvalue weighted by atomic mass is 32.2. The molecule has 10 aromatic rings. The van der Waals surface area contributed by atoms with Crippen molar-refractivity contribution in [3.8, 4) is 33.8 Å². The number of thiazole rings is 4. The minimum atomic E-state index is -3.71. The number of benzene rings is 1. The summed E-state index contributed by atoms with van der Waals surface area (Å²) in [5.74, 6) is 2.29. The van der Waals surface area contributed by atoms with Gasteiger partial charge in [0.1, 0.15) is 17.5 Å². The van der Waals surface area contributed by atoms with Gasteiger partial charge in [-0.2, -0.15) is 15.3 Å². The molecule has 0 aliphatic rings. The number of methoxy groups -OCH3 is 1.